The van der Waals surface area contributed by atoms with Crippen molar-refractivity contribution < 1.29 is 25.5 Å². The summed E-state index contributed by atoms with van der Waals surface area (Å²) in [6.07, 6.45) is -0.954. The summed E-state index contributed by atoms with van der Waals surface area (Å²) in [5.74, 6) is 0. The molecule has 0 aliphatic rings. The van der Waals surface area contributed by atoms with Crippen LogP contribution in [0.25, 0.3) is 0 Å². The lowest BCUT2D eigenvalue weighted by molar-refractivity contribution is 0.0450. The van der Waals surface area contributed by atoms with Crippen LogP contribution in [-0.4, -0.2) is 59.1 Å². The van der Waals surface area contributed by atoms with Gasteiger partial charge in [-0.15, -0.1) is 0 Å². The Bertz CT molecular complexity index is 29.2. The first kappa shape index (κ1) is 16.4. The summed E-state index contributed by atoms with van der Waals surface area (Å²) >= 11 is 0. The predicted octanol–water partition coefficient (Wildman–Crippen LogP) is -2.45. The van der Waals surface area contributed by atoms with Crippen molar-refractivity contribution >= 4 is 0 Å². The van der Waals surface area contributed by atoms with E-state index in [1.54, 1.807) is 0 Å². The van der Waals surface area contributed by atoms with Crippen molar-refractivity contribution in [3.05, 3.63) is 0 Å². The maximum absolute atomic E-state index is 8.17. The number of rotatable bonds is 2. The smallest absolute Gasteiger partial charge is 0.100 e. The molecule has 66 valence electrons. The van der Waals surface area contributed by atoms with Gasteiger partial charge in [-0.3, -0.25) is 0 Å². The second-order valence-corrected chi connectivity index (χ2v) is 1.02. The predicted molar refractivity (Wildman–Crippen MR) is 36.5 cm³/mol. The second-order valence-electron chi connectivity index (χ2n) is 1.02. The Morgan fingerprint density at radius 2 is 1.10 bits per heavy atom. The van der Waals surface area contributed by atoms with Crippen LogP contribution in [0.2, 0.25) is 0 Å². The summed E-state index contributed by atoms with van der Waals surface area (Å²) in [7, 11) is 2.00. The quantitative estimate of drug-likeness (QED) is 0.305. The van der Waals surface area contributed by atoms with E-state index in [0.29, 0.717) is 0 Å². The Labute approximate surface area is 60.2 Å². The standard InChI is InChI=1S/C3H8O3.2CH4O/c4-1-3(6)2-5;2*1-2/h3-6H,1-2H2;2*2H,1H3. The van der Waals surface area contributed by atoms with Crippen LogP contribution in [0.3, 0.4) is 0 Å². The Hall–Kier alpha value is -0.200. The molecule has 5 heteroatoms. The van der Waals surface area contributed by atoms with Gasteiger partial charge in [0.2, 0.25) is 0 Å². The second kappa shape index (κ2) is 23.2. The zero-order chi connectivity index (χ0) is 8.99. The molecule has 0 spiro atoms. The van der Waals surface area contributed by atoms with Crippen molar-refractivity contribution in [1.29, 1.82) is 0 Å². The molecule has 0 aromatic carbocycles. The van der Waals surface area contributed by atoms with Crippen molar-refractivity contribution in [3.63, 3.8) is 0 Å². The largest absolute Gasteiger partial charge is 0.400 e. The molecule has 0 saturated heterocycles. The molecule has 5 N–H and O–H groups in total. The molecule has 0 saturated carbocycles. The summed E-state index contributed by atoms with van der Waals surface area (Å²) in [6.45, 7) is -0.729. The van der Waals surface area contributed by atoms with Crippen LogP contribution in [0.15, 0.2) is 0 Å². The molecule has 0 amide bonds. The van der Waals surface area contributed by atoms with Crippen molar-refractivity contribution in [2.75, 3.05) is 27.4 Å². The van der Waals surface area contributed by atoms with Gasteiger partial charge in [0.15, 0.2) is 0 Å². The van der Waals surface area contributed by atoms with Crippen molar-refractivity contribution in [2.24, 2.45) is 0 Å². The van der Waals surface area contributed by atoms with Gasteiger partial charge in [-0.25, -0.2) is 0 Å². The van der Waals surface area contributed by atoms with E-state index in [4.69, 9.17) is 25.5 Å². The molecule has 0 bridgehead atoms. The van der Waals surface area contributed by atoms with Crippen LogP contribution in [0.1, 0.15) is 0 Å². The molecule has 0 aliphatic carbocycles. The summed E-state index contributed by atoms with van der Waals surface area (Å²) < 4.78 is 0. The zero-order valence-corrected chi connectivity index (χ0v) is 6.23. The van der Waals surface area contributed by atoms with E-state index in [1.807, 2.05) is 0 Å². The Morgan fingerprint density at radius 1 is 0.900 bits per heavy atom. The number of hydrogen-bond acceptors (Lipinski definition) is 5. The highest BCUT2D eigenvalue weighted by Gasteiger charge is 1.93. The minimum atomic E-state index is -0.954. The average Bonchev–Trinajstić information content (AvgIpc) is 2.10. The third kappa shape index (κ3) is 25.0. The molecule has 0 aromatic heterocycles. The Balaban J connectivity index is -0.000000105. The number of aliphatic hydroxyl groups is 5. The highest BCUT2D eigenvalue weighted by molar-refractivity contribution is 4.43. The molecule has 0 unspecified atom stereocenters. The molecule has 0 fully saturated rings. The van der Waals surface area contributed by atoms with Gasteiger partial charge in [0.1, 0.15) is 6.10 Å². The molecule has 0 aromatic rings. The van der Waals surface area contributed by atoms with Gasteiger partial charge >= 0.3 is 0 Å². The van der Waals surface area contributed by atoms with Crippen LogP contribution in [0.5, 0.6) is 0 Å². The van der Waals surface area contributed by atoms with Crippen LogP contribution in [0.4, 0.5) is 0 Å². The molecule has 0 atom stereocenters. The topological polar surface area (TPSA) is 101 Å². The van der Waals surface area contributed by atoms with Crippen molar-refractivity contribution in [3.8, 4) is 0 Å². The third-order valence-electron chi connectivity index (χ3n) is 0.421. The zero-order valence-electron chi connectivity index (χ0n) is 6.23. The van der Waals surface area contributed by atoms with E-state index < -0.39 is 6.10 Å². The molecule has 5 nitrogen and oxygen atoms in total. The van der Waals surface area contributed by atoms with E-state index in [9.17, 15) is 0 Å². The van der Waals surface area contributed by atoms with E-state index in [1.165, 1.54) is 0 Å². The number of aliphatic hydroxyl groups excluding tert-OH is 5. The molecule has 10 heavy (non-hydrogen) atoms. The lowest BCUT2D eigenvalue weighted by Gasteiger charge is -1.96. The van der Waals surface area contributed by atoms with Gasteiger partial charge in [-0.1, -0.05) is 0 Å². The van der Waals surface area contributed by atoms with Gasteiger partial charge in [-0.2, -0.15) is 0 Å². The molecular formula is C5H16O5. The first-order valence-corrected chi connectivity index (χ1v) is 2.60. The highest BCUT2D eigenvalue weighted by Crippen LogP contribution is 1.71. The first-order chi connectivity index (χ1) is 4.81. The monoisotopic (exact) mass is 156 g/mol. The molecule has 0 heterocycles. The van der Waals surface area contributed by atoms with Crippen LogP contribution < -0.4 is 0 Å². The van der Waals surface area contributed by atoms with E-state index in [-0.39, 0.29) is 13.2 Å². The summed E-state index contributed by atoms with van der Waals surface area (Å²) in [4.78, 5) is 0. The van der Waals surface area contributed by atoms with Gasteiger partial charge < -0.3 is 25.5 Å². The van der Waals surface area contributed by atoms with E-state index >= 15 is 0 Å². The fraction of sp³-hybridized carbons (Fsp3) is 1.00. The Kier molecular flexibility index (Phi) is 38.1. The lowest BCUT2D eigenvalue weighted by Crippen LogP contribution is -2.15. The minimum Gasteiger partial charge on any atom is -0.400 e. The molecule has 0 aliphatic heterocycles. The van der Waals surface area contributed by atoms with E-state index in [0.717, 1.165) is 14.2 Å². The minimum absolute atomic E-state index is 0.365. The molecule has 0 rings (SSSR count). The van der Waals surface area contributed by atoms with Gasteiger partial charge in [0.25, 0.3) is 0 Å². The normalized spacial score (nSPS) is 7.20. The summed E-state index contributed by atoms with van der Waals surface area (Å²) in [6, 6.07) is 0. The van der Waals surface area contributed by atoms with Crippen molar-refractivity contribution in [1.82, 2.24) is 0 Å². The van der Waals surface area contributed by atoms with Crippen LogP contribution in [0, 0.1) is 0 Å². The van der Waals surface area contributed by atoms with Gasteiger partial charge in [0.05, 0.1) is 13.2 Å². The SMILES string of the molecule is CO.CO.OCC(O)CO. The maximum Gasteiger partial charge on any atom is 0.100 e. The van der Waals surface area contributed by atoms with Crippen LogP contribution in [-0.2, 0) is 0 Å². The fourth-order valence-electron chi connectivity index (χ4n) is 0.0577. The molecule has 0 radical (unpaired) electrons. The van der Waals surface area contributed by atoms with Gasteiger partial charge in [0, 0.05) is 14.2 Å². The Morgan fingerprint density at radius 3 is 1.10 bits per heavy atom. The average molecular weight is 156 g/mol. The lowest BCUT2D eigenvalue weighted by atomic mass is 10.4. The van der Waals surface area contributed by atoms with Crippen molar-refractivity contribution in [2.45, 2.75) is 6.10 Å². The summed E-state index contributed by atoms with van der Waals surface area (Å²) in [5, 5.41) is 38.0. The number of hydrogen-bond donors (Lipinski definition) is 5. The first-order valence-electron chi connectivity index (χ1n) is 2.60. The third-order valence-corrected chi connectivity index (χ3v) is 0.421. The maximum atomic E-state index is 8.17. The molecular weight excluding hydrogens is 140 g/mol. The van der Waals surface area contributed by atoms with Gasteiger partial charge in [-0.05, 0) is 0 Å². The fourth-order valence-corrected chi connectivity index (χ4v) is 0.0577. The summed E-state index contributed by atoms with van der Waals surface area (Å²) in [5.41, 5.74) is 0. The van der Waals surface area contributed by atoms with E-state index in [2.05, 4.69) is 0 Å². The van der Waals surface area contributed by atoms with Crippen LogP contribution >= 0.6 is 0 Å². The highest BCUT2D eigenvalue weighted by atomic mass is 16.3.